The third kappa shape index (κ3) is 7.08. The van der Waals surface area contributed by atoms with E-state index in [9.17, 15) is 0 Å². The summed E-state index contributed by atoms with van der Waals surface area (Å²) < 4.78 is 38.7. The zero-order valence-electron chi connectivity index (χ0n) is 36.1. The minimum Gasteiger partial charge on any atom is -0.351 e. The Balaban J connectivity index is 0.688. The van der Waals surface area contributed by atoms with Gasteiger partial charge in [0.25, 0.3) is 0 Å². The first-order valence-corrected chi connectivity index (χ1v) is 22.8. The van der Waals surface area contributed by atoms with Gasteiger partial charge in [-0.05, 0) is 111 Å². The van der Waals surface area contributed by atoms with Crippen LogP contribution >= 0.6 is 0 Å². The summed E-state index contributed by atoms with van der Waals surface area (Å²) in [4.78, 5) is 24.4. The van der Waals surface area contributed by atoms with Gasteiger partial charge in [-0.25, -0.2) is 19.6 Å². The van der Waals surface area contributed by atoms with Gasteiger partial charge in [-0.15, -0.1) is 0 Å². The summed E-state index contributed by atoms with van der Waals surface area (Å²) in [6.45, 7) is 14.0. The van der Waals surface area contributed by atoms with Crippen LogP contribution in [0.2, 0.25) is 0 Å². The van der Waals surface area contributed by atoms with Crippen LogP contribution in [0.3, 0.4) is 0 Å². The Morgan fingerprint density at radius 1 is 0.533 bits per heavy atom. The van der Waals surface area contributed by atoms with Gasteiger partial charge in [0.1, 0.15) is 0 Å². The predicted octanol–water partition coefficient (Wildman–Crippen LogP) is 9.29. The van der Waals surface area contributed by atoms with Crippen molar-refractivity contribution in [2.24, 2.45) is 47.3 Å². The molecule has 2 spiro atoms. The second kappa shape index (κ2) is 16.1. The Kier molecular flexibility index (Phi) is 11.0. The van der Waals surface area contributed by atoms with E-state index in [1.165, 1.54) is 12.8 Å². The fourth-order valence-corrected chi connectivity index (χ4v) is 12.4. The van der Waals surface area contributed by atoms with Crippen molar-refractivity contribution in [3.05, 3.63) is 59.7 Å². The highest BCUT2D eigenvalue weighted by Crippen LogP contribution is 2.62. The smallest absolute Gasteiger partial charge is 0.201 e. The van der Waals surface area contributed by atoms with Crippen molar-refractivity contribution in [1.29, 1.82) is 0 Å². The van der Waals surface area contributed by atoms with Crippen molar-refractivity contribution in [3.63, 3.8) is 0 Å². The molecule has 0 radical (unpaired) electrons. The minimum absolute atomic E-state index is 0.152. The molecule has 322 valence electrons. The van der Waals surface area contributed by atoms with Gasteiger partial charge in [-0.3, -0.25) is 0 Å². The molecule has 0 amide bonds. The lowest BCUT2D eigenvalue weighted by molar-refractivity contribution is -0.577. The summed E-state index contributed by atoms with van der Waals surface area (Å²) in [5.41, 5.74) is 3.06. The quantitative estimate of drug-likeness (QED) is 0.153. The summed E-state index contributed by atoms with van der Waals surface area (Å²) in [5, 5.41) is 0. The summed E-state index contributed by atoms with van der Waals surface area (Å²) in [6, 6.07) is 16.8. The molecular weight excluding hydrogens is 761 g/mol. The van der Waals surface area contributed by atoms with Crippen LogP contribution in [0, 0.1) is 71.0 Å². The molecule has 8 aliphatic heterocycles. The summed E-state index contributed by atoms with van der Waals surface area (Å²) in [7, 11) is 0. The van der Waals surface area contributed by atoms with E-state index in [-0.39, 0.29) is 36.3 Å². The largest absolute Gasteiger partial charge is 0.351 e. The van der Waals surface area contributed by atoms with Crippen molar-refractivity contribution in [1.82, 2.24) is 0 Å². The molecule has 2 saturated carbocycles. The molecule has 4 bridgehead atoms. The first-order valence-electron chi connectivity index (χ1n) is 22.8. The van der Waals surface area contributed by atoms with Crippen molar-refractivity contribution in [2.45, 2.75) is 154 Å². The van der Waals surface area contributed by atoms with E-state index in [1.807, 2.05) is 13.8 Å². The molecule has 10 fully saturated rings. The molecular formula is C50H62O10. The Morgan fingerprint density at radius 2 is 0.950 bits per heavy atom. The number of rotatable bonds is 7. The third-order valence-electron chi connectivity index (χ3n) is 15.8. The fourth-order valence-electron chi connectivity index (χ4n) is 12.4. The van der Waals surface area contributed by atoms with E-state index in [1.54, 1.807) is 0 Å². The van der Waals surface area contributed by atoms with Gasteiger partial charge >= 0.3 is 0 Å². The first-order chi connectivity index (χ1) is 29.0. The molecule has 12 rings (SSSR count). The van der Waals surface area contributed by atoms with E-state index in [4.69, 9.17) is 48.0 Å². The van der Waals surface area contributed by atoms with E-state index < -0.39 is 35.4 Å². The van der Waals surface area contributed by atoms with Crippen molar-refractivity contribution >= 4 is 0 Å². The highest BCUT2D eigenvalue weighted by molar-refractivity contribution is 5.65. The van der Waals surface area contributed by atoms with Gasteiger partial charge in [-0.1, -0.05) is 75.6 Å². The van der Waals surface area contributed by atoms with Gasteiger partial charge in [0, 0.05) is 60.5 Å². The number of hydrogen-bond donors (Lipinski definition) is 0. The minimum atomic E-state index is -0.788. The average Bonchev–Trinajstić information content (AvgIpc) is 3.62. The van der Waals surface area contributed by atoms with E-state index in [2.05, 4.69) is 99.9 Å². The van der Waals surface area contributed by atoms with E-state index in [0.717, 1.165) is 60.8 Å². The summed E-state index contributed by atoms with van der Waals surface area (Å²) in [5.74, 6) is 14.2. The molecule has 0 N–H and O–H groups in total. The van der Waals surface area contributed by atoms with Crippen LogP contribution in [0.25, 0.3) is 11.1 Å². The Morgan fingerprint density at radius 3 is 1.37 bits per heavy atom. The van der Waals surface area contributed by atoms with Crippen LogP contribution in [0.4, 0.5) is 0 Å². The van der Waals surface area contributed by atoms with Crippen LogP contribution in [-0.4, -0.2) is 61.2 Å². The second-order valence-electron chi connectivity index (χ2n) is 19.5. The molecule has 0 unspecified atom stereocenters. The molecule has 8 heterocycles. The lowest BCUT2D eigenvalue weighted by atomic mass is 9.58. The van der Waals surface area contributed by atoms with Crippen molar-refractivity contribution in [2.75, 3.05) is 13.2 Å². The number of fused-ring (bicyclic) bond motifs is 4. The van der Waals surface area contributed by atoms with Crippen LogP contribution in [0.5, 0.6) is 0 Å². The van der Waals surface area contributed by atoms with Crippen LogP contribution in [0.1, 0.15) is 117 Å². The number of hydrogen-bond acceptors (Lipinski definition) is 10. The van der Waals surface area contributed by atoms with Crippen LogP contribution in [0.15, 0.2) is 48.5 Å². The first kappa shape index (κ1) is 41.2. The lowest BCUT2D eigenvalue weighted by Crippen LogP contribution is -2.70. The standard InChI is InChI=1S/C50H62O10/c1-31-13-23-41-33(3)43(53-45-49(41)39(31)25-27-47(5,55-45)57-59-49)51-29-9-7-11-35-15-19-37(20-16-35)38-21-17-36(18-22-38)12-8-10-30-52-44-34(4)42-24-14-32(2)40-26-28-48(6)56-46(54-44)50(40,42)60-58-48/h15-22,31-34,39-46H,9-10,13-14,23-30H2,1-6H3/t31-,32-,33-,34-,39+,40+,41+,42+,43+,44+,45-,46-,47-,48-,49-,50-/m1/s1. The topological polar surface area (TPSA) is 92.3 Å². The van der Waals surface area contributed by atoms with Crippen LogP contribution < -0.4 is 0 Å². The molecule has 0 aromatic heterocycles. The predicted molar refractivity (Wildman–Crippen MR) is 220 cm³/mol. The van der Waals surface area contributed by atoms with Crippen LogP contribution in [-0.2, 0) is 48.0 Å². The molecule has 16 atom stereocenters. The molecule has 10 heteroatoms. The monoisotopic (exact) mass is 822 g/mol. The van der Waals surface area contributed by atoms with Crippen molar-refractivity contribution < 1.29 is 48.0 Å². The van der Waals surface area contributed by atoms with Gasteiger partial charge in [-0.2, -0.15) is 0 Å². The third-order valence-corrected chi connectivity index (χ3v) is 15.8. The molecule has 2 aliphatic carbocycles. The average molecular weight is 823 g/mol. The molecule has 2 aromatic rings. The second-order valence-corrected chi connectivity index (χ2v) is 19.5. The van der Waals surface area contributed by atoms with Gasteiger partial charge in [0.2, 0.25) is 11.6 Å². The molecule has 2 aromatic carbocycles. The van der Waals surface area contributed by atoms with E-state index >= 15 is 0 Å². The van der Waals surface area contributed by atoms with Gasteiger partial charge in [0.15, 0.2) is 36.4 Å². The maximum absolute atomic E-state index is 6.55. The molecule has 10 aliphatic rings. The maximum Gasteiger partial charge on any atom is 0.201 e. The maximum atomic E-state index is 6.55. The zero-order valence-corrected chi connectivity index (χ0v) is 36.1. The number of ether oxygens (including phenoxy) is 6. The molecule has 10 nitrogen and oxygen atoms in total. The Bertz CT molecular complexity index is 1860. The Labute approximate surface area is 355 Å². The highest BCUT2D eigenvalue weighted by atomic mass is 17.3. The molecule has 8 saturated heterocycles. The fraction of sp³-hybridized carbons (Fsp3) is 0.680. The SMILES string of the molecule is C[C@H]1[C@@H](OCCC#Cc2ccc(-c3ccc(C#CCCO[C@H]4O[C@@H]5O[C@@]6(C)CC[C@H]7[C@H](C)CC[C@@H]([C@H]4C)[C@@]57OO6)cc3)cc2)O[C@@H]2O[C@@]3(C)CC[C@H]4[C@H](C)CC[C@@H]1[C@@]24OO3. The van der Waals surface area contributed by atoms with Crippen molar-refractivity contribution in [3.8, 4) is 34.8 Å². The van der Waals surface area contributed by atoms with Gasteiger partial charge < -0.3 is 28.4 Å². The number of benzene rings is 2. The highest BCUT2D eigenvalue weighted by Gasteiger charge is 2.71. The Hall–Kier alpha value is -2.84. The zero-order chi connectivity index (χ0) is 41.3. The lowest BCUT2D eigenvalue weighted by Gasteiger charge is -2.60. The molecule has 60 heavy (non-hydrogen) atoms. The normalized spacial score (nSPS) is 44.8. The summed E-state index contributed by atoms with van der Waals surface area (Å²) in [6.07, 6.45) is 7.56. The summed E-state index contributed by atoms with van der Waals surface area (Å²) >= 11 is 0. The van der Waals surface area contributed by atoms with Gasteiger partial charge in [0.05, 0.1) is 13.2 Å². The van der Waals surface area contributed by atoms with E-state index in [0.29, 0.717) is 49.7 Å².